The molecule has 0 bridgehead atoms. The Balaban J connectivity index is 2.10. The minimum absolute atomic E-state index is 0.112. The molecule has 19 heavy (non-hydrogen) atoms. The number of rotatable bonds is 5. The summed E-state index contributed by atoms with van der Waals surface area (Å²) in [7, 11) is 1.74. The Bertz CT molecular complexity index is 451. The van der Waals surface area contributed by atoms with Crippen LogP contribution in [0.4, 0.5) is 11.5 Å². The molecule has 1 aliphatic rings. The fourth-order valence-corrected chi connectivity index (χ4v) is 2.51. The van der Waals surface area contributed by atoms with E-state index in [-0.39, 0.29) is 10.6 Å². The Morgan fingerprint density at radius 3 is 2.95 bits per heavy atom. The van der Waals surface area contributed by atoms with Crippen LogP contribution in [-0.2, 0) is 13.5 Å². The van der Waals surface area contributed by atoms with Crippen molar-refractivity contribution in [3.05, 3.63) is 15.8 Å². The zero-order chi connectivity index (χ0) is 13.8. The van der Waals surface area contributed by atoms with Gasteiger partial charge >= 0.3 is 5.69 Å². The van der Waals surface area contributed by atoms with Crippen molar-refractivity contribution in [3.8, 4) is 0 Å². The van der Waals surface area contributed by atoms with Crippen LogP contribution in [0.15, 0.2) is 0 Å². The Labute approximate surface area is 112 Å². The van der Waals surface area contributed by atoms with Crippen molar-refractivity contribution < 1.29 is 4.92 Å². The molecular formula is C12H21N5O2. The van der Waals surface area contributed by atoms with Gasteiger partial charge < -0.3 is 10.6 Å². The summed E-state index contributed by atoms with van der Waals surface area (Å²) >= 11 is 0. The summed E-state index contributed by atoms with van der Waals surface area (Å²) < 4.78 is 1.57. The lowest BCUT2D eigenvalue weighted by atomic mass is 10.1. The zero-order valence-electron chi connectivity index (χ0n) is 11.5. The highest BCUT2D eigenvalue weighted by molar-refractivity contribution is 5.59. The third-order valence-corrected chi connectivity index (χ3v) is 3.54. The predicted octanol–water partition coefficient (Wildman–Crippen LogP) is 1.44. The van der Waals surface area contributed by atoms with E-state index in [1.165, 1.54) is 12.8 Å². The van der Waals surface area contributed by atoms with Gasteiger partial charge in [-0.15, -0.1) is 0 Å². The molecule has 0 amide bonds. The maximum atomic E-state index is 11.2. The molecule has 106 valence electrons. The average Bonchev–Trinajstić information content (AvgIpc) is 2.74. The van der Waals surface area contributed by atoms with Crippen molar-refractivity contribution >= 4 is 11.5 Å². The molecule has 7 heteroatoms. The quantitative estimate of drug-likeness (QED) is 0.623. The normalized spacial score (nSPS) is 19.4. The summed E-state index contributed by atoms with van der Waals surface area (Å²) in [6.45, 7) is 3.60. The molecule has 0 aromatic carbocycles. The molecule has 7 nitrogen and oxygen atoms in total. The predicted molar refractivity (Wildman–Crippen MR) is 73.4 cm³/mol. The zero-order valence-corrected chi connectivity index (χ0v) is 11.5. The maximum Gasteiger partial charge on any atom is 0.333 e. The molecular weight excluding hydrogens is 246 g/mol. The second-order valence-electron chi connectivity index (χ2n) is 4.91. The van der Waals surface area contributed by atoms with E-state index in [4.69, 9.17) is 0 Å². The van der Waals surface area contributed by atoms with Gasteiger partial charge in [0.15, 0.2) is 0 Å². The summed E-state index contributed by atoms with van der Waals surface area (Å²) in [4.78, 5) is 10.8. The van der Waals surface area contributed by atoms with E-state index in [1.807, 2.05) is 6.92 Å². The molecule has 1 fully saturated rings. The van der Waals surface area contributed by atoms with Crippen LogP contribution in [0.1, 0.15) is 31.9 Å². The second kappa shape index (κ2) is 6.01. The monoisotopic (exact) mass is 267 g/mol. The first kappa shape index (κ1) is 13.8. The fourth-order valence-electron chi connectivity index (χ4n) is 2.51. The Kier molecular flexibility index (Phi) is 4.36. The van der Waals surface area contributed by atoms with Gasteiger partial charge in [-0.25, -0.2) is 4.68 Å². The second-order valence-corrected chi connectivity index (χ2v) is 4.91. The summed E-state index contributed by atoms with van der Waals surface area (Å²) in [6.07, 6.45) is 4.10. The van der Waals surface area contributed by atoms with Crippen molar-refractivity contribution in [2.45, 2.75) is 38.6 Å². The number of nitrogens with zero attached hydrogens (tertiary/aromatic N) is 3. The van der Waals surface area contributed by atoms with Crippen LogP contribution in [0.5, 0.6) is 0 Å². The van der Waals surface area contributed by atoms with Gasteiger partial charge in [-0.05, 0) is 25.8 Å². The van der Waals surface area contributed by atoms with Crippen LogP contribution in [0.25, 0.3) is 0 Å². The van der Waals surface area contributed by atoms with E-state index < -0.39 is 0 Å². The van der Waals surface area contributed by atoms with Crippen LogP contribution in [-0.4, -0.2) is 33.8 Å². The standard InChI is InChI=1S/C12H21N5O2/c1-3-10-11(17(18)19)12(16(2)15-10)14-8-9-6-4-5-7-13-9/h9,13-14H,3-8H2,1-2H3. The Hall–Kier alpha value is -1.63. The number of anilines is 1. The minimum atomic E-state index is -0.345. The van der Waals surface area contributed by atoms with Crippen molar-refractivity contribution in [2.75, 3.05) is 18.4 Å². The maximum absolute atomic E-state index is 11.2. The molecule has 2 heterocycles. The number of nitro groups is 1. The molecule has 0 radical (unpaired) electrons. The smallest absolute Gasteiger partial charge is 0.333 e. The van der Waals surface area contributed by atoms with Crippen LogP contribution >= 0.6 is 0 Å². The molecule has 2 rings (SSSR count). The number of hydrogen-bond donors (Lipinski definition) is 2. The summed E-state index contributed by atoms with van der Waals surface area (Å²) in [5.41, 5.74) is 0.646. The van der Waals surface area contributed by atoms with Gasteiger partial charge in [-0.1, -0.05) is 13.3 Å². The number of piperidine rings is 1. The van der Waals surface area contributed by atoms with Gasteiger partial charge in [-0.3, -0.25) is 10.1 Å². The van der Waals surface area contributed by atoms with E-state index >= 15 is 0 Å². The molecule has 0 spiro atoms. The molecule has 0 saturated carbocycles. The van der Waals surface area contributed by atoms with Crippen LogP contribution in [0.2, 0.25) is 0 Å². The van der Waals surface area contributed by atoms with Gasteiger partial charge in [0.2, 0.25) is 5.82 Å². The number of nitrogens with one attached hydrogen (secondary N) is 2. The lowest BCUT2D eigenvalue weighted by Crippen LogP contribution is -2.39. The SMILES string of the molecule is CCc1nn(C)c(NCC2CCCCN2)c1[N+](=O)[O-]. The first-order chi connectivity index (χ1) is 9.13. The highest BCUT2D eigenvalue weighted by Gasteiger charge is 2.26. The van der Waals surface area contributed by atoms with Crippen LogP contribution in [0, 0.1) is 10.1 Å². The molecule has 2 N–H and O–H groups in total. The summed E-state index contributed by atoms with van der Waals surface area (Å²) in [5.74, 6) is 0.509. The lowest BCUT2D eigenvalue weighted by molar-refractivity contribution is -0.384. The highest BCUT2D eigenvalue weighted by Crippen LogP contribution is 2.28. The average molecular weight is 267 g/mol. The van der Waals surface area contributed by atoms with Gasteiger partial charge in [0, 0.05) is 19.6 Å². The summed E-state index contributed by atoms with van der Waals surface area (Å²) in [5, 5.41) is 22.0. The van der Waals surface area contributed by atoms with E-state index in [2.05, 4.69) is 15.7 Å². The molecule has 1 atom stereocenters. The number of aromatic nitrogens is 2. The third-order valence-electron chi connectivity index (χ3n) is 3.54. The molecule has 1 aromatic heterocycles. The molecule has 1 saturated heterocycles. The molecule has 1 unspecified atom stereocenters. The van der Waals surface area contributed by atoms with Crippen molar-refractivity contribution in [1.82, 2.24) is 15.1 Å². The first-order valence-corrected chi connectivity index (χ1v) is 6.81. The summed E-state index contributed by atoms with van der Waals surface area (Å²) in [6, 6.07) is 0.383. The van der Waals surface area contributed by atoms with Crippen LogP contribution in [0.3, 0.4) is 0 Å². The van der Waals surface area contributed by atoms with E-state index in [0.717, 1.165) is 13.0 Å². The van der Waals surface area contributed by atoms with E-state index in [0.29, 0.717) is 30.5 Å². The minimum Gasteiger partial charge on any atom is -0.363 e. The molecule has 1 aliphatic heterocycles. The number of hydrogen-bond acceptors (Lipinski definition) is 5. The largest absolute Gasteiger partial charge is 0.363 e. The fraction of sp³-hybridized carbons (Fsp3) is 0.750. The van der Waals surface area contributed by atoms with Crippen molar-refractivity contribution in [1.29, 1.82) is 0 Å². The van der Waals surface area contributed by atoms with Crippen molar-refractivity contribution in [2.24, 2.45) is 7.05 Å². The third kappa shape index (κ3) is 3.04. The van der Waals surface area contributed by atoms with Gasteiger partial charge in [-0.2, -0.15) is 5.10 Å². The topological polar surface area (TPSA) is 85.0 Å². The number of aryl methyl sites for hydroxylation is 2. The van der Waals surface area contributed by atoms with Gasteiger partial charge in [0.1, 0.15) is 5.69 Å². The molecule has 1 aromatic rings. The highest BCUT2D eigenvalue weighted by atomic mass is 16.6. The van der Waals surface area contributed by atoms with E-state index in [1.54, 1.807) is 11.7 Å². The van der Waals surface area contributed by atoms with Crippen molar-refractivity contribution in [3.63, 3.8) is 0 Å². The lowest BCUT2D eigenvalue weighted by Gasteiger charge is -2.23. The van der Waals surface area contributed by atoms with E-state index in [9.17, 15) is 10.1 Å². The van der Waals surface area contributed by atoms with Gasteiger partial charge in [0.25, 0.3) is 0 Å². The first-order valence-electron chi connectivity index (χ1n) is 6.81. The Morgan fingerprint density at radius 1 is 1.58 bits per heavy atom. The Morgan fingerprint density at radius 2 is 2.37 bits per heavy atom. The van der Waals surface area contributed by atoms with Gasteiger partial charge in [0.05, 0.1) is 4.92 Å². The molecule has 0 aliphatic carbocycles. The van der Waals surface area contributed by atoms with Crippen LogP contribution < -0.4 is 10.6 Å².